The number of aliphatic hydroxyl groups is 3. The third-order valence-corrected chi connectivity index (χ3v) is 17.0. The van der Waals surface area contributed by atoms with E-state index < -0.39 is 136 Å². The van der Waals surface area contributed by atoms with Crippen molar-refractivity contribution in [1.29, 1.82) is 0 Å². The number of H-pyrrole nitrogens is 2. The Labute approximate surface area is 421 Å². The number of nitrogens with two attached hydrogens (primary N) is 3. The number of nitrogen functional groups attached to an aromatic ring is 3. The topological polar surface area (TPSA) is 551 Å². The molecule has 16 atom stereocenters. The highest BCUT2D eigenvalue weighted by molar-refractivity contribution is 7.66. The van der Waals surface area contributed by atoms with E-state index in [0.717, 1.165) is 30.7 Å². The van der Waals surface area contributed by atoms with Crippen LogP contribution in [0, 0.1) is 0 Å². The van der Waals surface area contributed by atoms with Gasteiger partial charge in [-0.2, -0.15) is 13.6 Å². The summed E-state index contributed by atoms with van der Waals surface area (Å²) in [6.45, 7) is -3.30. The van der Waals surface area contributed by atoms with Crippen molar-refractivity contribution >= 4 is 82.5 Å². The molecule has 39 nitrogen and oxygen atoms in total. The van der Waals surface area contributed by atoms with E-state index in [9.17, 15) is 62.7 Å². The Balaban J connectivity index is 0.865. The molecule has 15 N–H and O–H groups in total. The number of methoxy groups -OCH3 is 2. The van der Waals surface area contributed by atoms with E-state index in [-0.39, 0.29) is 51.2 Å². The molecule has 0 amide bonds. The predicted molar refractivity (Wildman–Crippen MR) is 244 cm³/mol. The Morgan fingerprint density at radius 3 is 1.88 bits per heavy atom. The average Bonchev–Trinajstić information content (AvgIpc) is 4.21. The lowest BCUT2D eigenvalue weighted by molar-refractivity contribution is -0.746. The summed E-state index contributed by atoms with van der Waals surface area (Å²) in [7, 11) is -19.6. The number of hydrogen-bond donors (Lipinski definition) is 12. The lowest BCUT2D eigenvalue weighted by Gasteiger charge is -2.26. The highest BCUT2D eigenvalue weighted by Crippen LogP contribution is 2.68. The summed E-state index contributed by atoms with van der Waals surface area (Å²) >= 11 is 0. The van der Waals surface area contributed by atoms with E-state index in [1.165, 1.54) is 34.2 Å². The molecule has 3 saturated heterocycles. The van der Waals surface area contributed by atoms with E-state index in [1.54, 1.807) is 0 Å². The number of nitrogens with zero attached hydrogens (tertiary/aromatic N) is 10. The summed E-state index contributed by atoms with van der Waals surface area (Å²) in [5.41, 5.74) is 15.7. The van der Waals surface area contributed by atoms with Crippen LogP contribution in [0.4, 0.5) is 17.7 Å². The van der Waals surface area contributed by atoms with Gasteiger partial charge in [0.2, 0.25) is 17.7 Å². The number of aromatic nitrogens is 12. The van der Waals surface area contributed by atoms with E-state index in [4.69, 9.17) is 59.0 Å². The Morgan fingerprint density at radius 1 is 0.658 bits per heavy atom. The number of aryl methyl sites for hydroxylation is 1. The summed E-state index contributed by atoms with van der Waals surface area (Å²) in [6, 6.07) is 0. The molecule has 6 aromatic heterocycles. The third kappa shape index (κ3) is 11.0. The predicted octanol–water partition coefficient (Wildman–Crippen LogP) is -4.06. The van der Waals surface area contributed by atoms with Crippen LogP contribution in [0.5, 0.6) is 0 Å². The molecule has 0 saturated carbocycles. The molecule has 0 radical (unpaired) electrons. The SMILES string of the molecule is CO[C@H]1C(OP(=O)(O)OC[C@H]2O[C@@H](n3cnc4c(=O)[nH]c(N)nc43)C(O)[C@H]2O)[C@@H](COP(=O)(O)OP(=O)(O)OP(=O)(O)OC[C@H]2O[C@@H]([n+]3cn(C)c4c(=O)[nH]c(N)nc43)[C@@H](OC)C2O)O[C@H]1n1cnc2c(N)ncnc21. The van der Waals surface area contributed by atoms with Crippen molar-refractivity contribution in [2.24, 2.45) is 7.05 Å². The molecule has 3 aliphatic rings. The smallest absolute Gasteiger partial charge is 0.387 e. The number of rotatable bonds is 20. The van der Waals surface area contributed by atoms with Crippen LogP contribution in [0.15, 0.2) is 34.9 Å². The van der Waals surface area contributed by atoms with Crippen molar-refractivity contribution in [2.75, 3.05) is 51.2 Å². The number of aliphatic hydroxyl groups excluding tert-OH is 3. The molecule has 76 heavy (non-hydrogen) atoms. The number of anilines is 3. The lowest BCUT2D eigenvalue weighted by Crippen LogP contribution is -2.47. The zero-order valence-corrected chi connectivity index (χ0v) is 42.5. The van der Waals surface area contributed by atoms with Gasteiger partial charge >= 0.3 is 36.9 Å². The number of hydrogen-bond acceptors (Lipinski definition) is 29. The molecule has 0 aliphatic carbocycles. The molecular weight excluding hydrogens is 1110 g/mol. The minimum atomic E-state index is -6.19. The minimum Gasteiger partial charge on any atom is -0.387 e. The first-order valence-electron chi connectivity index (χ1n) is 21.5. The van der Waals surface area contributed by atoms with E-state index in [0.29, 0.717) is 0 Å². The van der Waals surface area contributed by atoms with E-state index in [2.05, 4.69) is 48.5 Å². The van der Waals surface area contributed by atoms with Crippen LogP contribution in [0.3, 0.4) is 0 Å². The summed E-state index contributed by atoms with van der Waals surface area (Å²) < 4.78 is 115. The van der Waals surface area contributed by atoms with Crippen LogP contribution in [-0.4, -0.2) is 177 Å². The highest BCUT2D eigenvalue weighted by Gasteiger charge is 2.54. The largest absolute Gasteiger partial charge is 0.490 e. The first-order chi connectivity index (χ1) is 35.7. The number of phosphoric acid groups is 4. The highest BCUT2D eigenvalue weighted by atomic mass is 31.3. The van der Waals surface area contributed by atoms with Crippen molar-refractivity contribution in [3.05, 3.63) is 46.0 Å². The average molecular weight is 1160 g/mol. The van der Waals surface area contributed by atoms with Crippen molar-refractivity contribution in [3.8, 4) is 0 Å². The third-order valence-electron chi connectivity index (χ3n) is 11.8. The van der Waals surface area contributed by atoms with E-state index >= 15 is 0 Å². The first-order valence-corrected chi connectivity index (χ1v) is 27.5. The maximum Gasteiger partial charge on any atom is 0.490 e. The number of nitrogens with one attached hydrogen (secondary N) is 2. The molecule has 3 fully saturated rings. The van der Waals surface area contributed by atoms with Gasteiger partial charge in [-0.3, -0.25) is 51.4 Å². The maximum absolute atomic E-state index is 13.7. The number of aromatic amines is 2. The molecule has 9 heterocycles. The van der Waals surface area contributed by atoms with Crippen molar-refractivity contribution in [1.82, 2.24) is 53.6 Å². The Morgan fingerprint density at radius 2 is 1.22 bits per heavy atom. The maximum atomic E-state index is 13.7. The van der Waals surface area contributed by atoms with Gasteiger partial charge in [0.25, 0.3) is 17.1 Å². The molecule has 0 aromatic carbocycles. The fraction of sp³-hybridized carbons (Fsp3) is 0.545. The van der Waals surface area contributed by atoms with Gasteiger partial charge in [-0.1, -0.05) is 4.98 Å². The summed E-state index contributed by atoms with van der Waals surface area (Å²) in [5, 5.41) is 32.7. The molecule has 7 unspecified atom stereocenters. The quantitative estimate of drug-likeness (QED) is 0.0256. The van der Waals surface area contributed by atoms with Crippen LogP contribution < -0.4 is 32.9 Å². The molecule has 43 heteroatoms. The van der Waals surface area contributed by atoms with Crippen molar-refractivity contribution in [2.45, 2.75) is 73.6 Å². The van der Waals surface area contributed by atoms with Crippen LogP contribution in [-0.2, 0) is 75.7 Å². The van der Waals surface area contributed by atoms with Gasteiger partial charge in [-0.15, -0.1) is 0 Å². The minimum absolute atomic E-state index is 0.0115. The molecule has 416 valence electrons. The van der Waals surface area contributed by atoms with Crippen LogP contribution in [0.1, 0.15) is 18.7 Å². The second-order valence-electron chi connectivity index (χ2n) is 16.7. The zero-order valence-electron chi connectivity index (χ0n) is 38.9. The van der Waals surface area contributed by atoms with Crippen LogP contribution >= 0.6 is 31.3 Å². The zero-order chi connectivity index (χ0) is 55.0. The van der Waals surface area contributed by atoms with Crippen molar-refractivity contribution in [3.63, 3.8) is 0 Å². The van der Waals surface area contributed by atoms with Crippen molar-refractivity contribution < 1.29 is 108 Å². The second-order valence-corrected chi connectivity index (χ2v) is 22.7. The Hall–Kier alpha value is -5.15. The van der Waals surface area contributed by atoms with Gasteiger partial charge in [-0.25, -0.2) is 42.8 Å². The molecule has 0 spiro atoms. The number of ether oxygens (including phenoxy) is 5. The van der Waals surface area contributed by atoms with Gasteiger partial charge in [-0.05, 0) is 0 Å². The van der Waals surface area contributed by atoms with Gasteiger partial charge in [0, 0.05) is 14.2 Å². The molecule has 3 aliphatic heterocycles. The number of imidazole rings is 3. The summed E-state index contributed by atoms with van der Waals surface area (Å²) in [6.07, 6.45) is -14.5. The molecule has 6 aromatic rings. The monoisotopic (exact) mass is 1160 g/mol. The van der Waals surface area contributed by atoms with Gasteiger partial charge in [0.15, 0.2) is 41.4 Å². The summed E-state index contributed by atoms with van der Waals surface area (Å²) in [5.74, 6) is -0.661. The second kappa shape index (κ2) is 20.9. The lowest BCUT2D eigenvalue weighted by atomic mass is 10.1. The molecule has 9 rings (SSSR count). The summed E-state index contributed by atoms with van der Waals surface area (Å²) in [4.78, 5) is 96.1. The van der Waals surface area contributed by atoms with Gasteiger partial charge in [0.05, 0.1) is 39.5 Å². The van der Waals surface area contributed by atoms with E-state index in [1.807, 2.05) is 0 Å². The molecular formula is C33H46N15O24P4+. The number of fused-ring (bicyclic) bond motifs is 3. The fourth-order valence-corrected chi connectivity index (χ4v) is 13.0. The number of phosphoric ester groups is 3. The fourth-order valence-electron chi connectivity index (χ4n) is 8.53. The Bertz CT molecular complexity index is 3490. The normalized spacial score (nSPS) is 30.2. The van der Waals surface area contributed by atoms with Gasteiger partial charge < -0.3 is 75.8 Å². The molecule has 0 bridgehead atoms. The Kier molecular flexibility index (Phi) is 15.3. The standard InChI is InChI=1S/C33H45N15O24P4/c1-45-10-48(26-16(45)28(53)44-33(36)42-26)30-21(62-2)18(50)12(68-30)5-65-74(56,57)71-76(60,61)72-75(58,59)66-6-13-20(22(63-3)31(69-13)46-8-39-14-23(34)37-7-38-24(14)46)70-73(54,55)64-4-11-17(49)19(51)29(67-11)47-9-40-15-25(47)41-32(35)43-27(15)52/h7-13,17-22,29-31,49-51H,4-6H2,1-3H3,(H11-,34,35,36,37,38,41,42,43,44,52,53,54,55,56,57,58,59,60,61)/p+1/t11-,12-,13-,17+,18?,19?,20?,21+,22+,29-,30-,31-/m1/s1. The van der Waals surface area contributed by atoms with Crippen LogP contribution in [0.25, 0.3) is 33.5 Å². The van der Waals surface area contributed by atoms with Gasteiger partial charge in [0.1, 0.15) is 66.8 Å². The first kappa shape index (κ1) is 55.6. The van der Waals surface area contributed by atoms with Crippen LogP contribution in [0.2, 0.25) is 0 Å².